The molecule has 3 aromatic rings. The van der Waals surface area contributed by atoms with Gasteiger partial charge < -0.3 is 13.9 Å². The molecule has 0 aliphatic rings. The molecule has 19 heavy (non-hydrogen) atoms. The topological polar surface area (TPSA) is 46.5 Å². The number of furan rings is 2. The Morgan fingerprint density at radius 1 is 1.00 bits per heavy atom. The average molecular weight is 323 g/mol. The predicted octanol–water partition coefficient (Wildman–Crippen LogP) is 4.79. The van der Waals surface area contributed by atoms with Crippen LogP contribution < -0.4 is 0 Å². The van der Waals surface area contributed by atoms with Crippen molar-refractivity contribution in [2.75, 3.05) is 0 Å². The number of rotatable bonds is 1. The van der Waals surface area contributed by atoms with Gasteiger partial charge >= 0.3 is 0 Å². The van der Waals surface area contributed by atoms with Crippen LogP contribution in [0.25, 0.3) is 21.9 Å². The number of hydrogen-bond acceptors (Lipinski definition) is 3. The molecule has 0 saturated carbocycles. The highest BCUT2D eigenvalue weighted by molar-refractivity contribution is 9.10. The Bertz CT molecular complexity index is 730. The molecule has 0 aliphatic carbocycles. The molecule has 3 nitrogen and oxygen atoms in total. The van der Waals surface area contributed by atoms with Crippen molar-refractivity contribution < 1.29 is 13.9 Å². The minimum Gasteiger partial charge on any atom is -0.461 e. The van der Waals surface area contributed by atoms with Crippen LogP contribution in [0, 0.1) is 13.8 Å². The van der Waals surface area contributed by atoms with E-state index in [-0.39, 0.29) is 0 Å². The van der Waals surface area contributed by atoms with E-state index in [0.29, 0.717) is 5.58 Å². The molecule has 0 radical (unpaired) electrons. The first-order valence-corrected chi connectivity index (χ1v) is 6.93. The third-order valence-electron chi connectivity index (χ3n) is 3.25. The van der Waals surface area contributed by atoms with Crippen LogP contribution in [-0.2, 0) is 5.60 Å². The molecule has 2 heterocycles. The van der Waals surface area contributed by atoms with E-state index < -0.39 is 5.60 Å². The van der Waals surface area contributed by atoms with Crippen LogP contribution in [0.3, 0.4) is 0 Å². The van der Waals surface area contributed by atoms with E-state index in [1.807, 2.05) is 26.0 Å². The van der Waals surface area contributed by atoms with Crippen LogP contribution in [-0.4, -0.2) is 5.11 Å². The van der Waals surface area contributed by atoms with Crippen molar-refractivity contribution in [2.45, 2.75) is 33.3 Å². The average Bonchev–Trinajstić information content (AvgIpc) is 2.80. The van der Waals surface area contributed by atoms with Crippen molar-refractivity contribution in [3.8, 4) is 0 Å². The molecule has 0 unspecified atom stereocenters. The SMILES string of the molecule is Cc1cc2c(C(C)(C)O)c3oc(C)cc3c(Br)c2o1. The highest BCUT2D eigenvalue weighted by Crippen LogP contribution is 2.43. The molecule has 1 N–H and O–H groups in total. The molecular formula is C15H15BrO3. The smallest absolute Gasteiger partial charge is 0.149 e. The largest absolute Gasteiger partial charge is 0.461 e. The second kappa shape index (κ2) is 3.87. The number of aryl methyl sites for hydroxylation is 2. The first-order valence-electron chi connectivity index (χ1n) is 6.13. The molecule has 1 aromatic carbocycles. The zero-order valence-electron chi connectivity index (χ0n) is 11.3. The molecule has 0 aliphatic heterocycles. The Labute approximate surface area is 119 Å². The summed E-state index contributed by atoms with van der Waals surface area (Å²) in [5, 5.41) is 12.3. The number of benzene rings is 1. The lowest BCUT2D eigenvalue weighted by Gasteiger charge is -2.19. The Kier molecular flexibility index (Phi) is 2.60. The second-order valence-electron chi connectivity index (χ2n) is 5.45. The van der Waals surface area contributed by atoms with Gasteiger partial charge in [0.1, 0.15) is 22.7 Å². The van der Waals surface area contributed by atoms with Crippen LogP contribution in [0.5, 0.6) is 0 Å². The van der Waals surface area contributed by atoms with E-state index in [1.165, 1.54) is 0 Å². The Morgan fingerprint density at radius 3 is 2.11 bits per heavy atom. The van der Waals surface area contributed by atoms with E-state index in [4.69, 9.17) is 8.83 Å². The maximum atomic E-state index is 10.5. The van der Waals surface area contributed by atoms with Gasteiger partial charge in [-0.2, -0.15) is 0 Å². The molecule has 0 atom stereocenters. The molecular weight excluding hydrogens is 308 g/mol. The quantitative estimate of drug-likeness (QED) is 0.700. The maximum absolute atomic E-state index is 10.5. The zero-order valence-corrected chi connectivity index (χ0v) is 12.9. The second-order valence-corrected chi connectivity index (χ2v) is 6.24. The first-order chi connectivity index (χ1) is 8.79. The number of halogens is 1. The van der Waals surface area contributed by atoms with Gasteiger partial charge in [0.25, 0.3) is 0 Å². The van der Waals surface area contributed by atoms with E-state index in [0.717, 1.165) is 37.9 Å². The van der Waals surface area contributed by atoms with Crippen molar-refractivity contribution in [1.82, 2.24) is 0 Å². The Balaban J connectivity index is 2.62. The first kappa shape index (κ1) is 12.8. The predicted molar refractivity (Wildman–Crippen MR) is 78.4 cm³/mol. The molecule has 0 fully saturated rings. The lowest BCUT2D eigenvalue weighted by atomic mass is 9.93. The summed E-state index contributed by atoms with van der Waals surface area (Å²) in [6, 6.07) is 3.89. The van der Waals surface area contributed by atoms with Crippen molar-refractivity contribution in [3.05, 3.63) is 33.7 Å². The van der Waals surface area contributed by atoms with Crippen LogP contribution in [0.2, 0.25) is 0 Å². The Morgan fingerprint density at radius 2 is 1.53 bits per heavy atom. The highest BCUT2D eigenvalue weighted by Gasteiger charge is 2.28. The van der Waals surface area contributed by atoms with Crippen molar-refractivity contribution in [1.29, 1.82) is 0 Å². The lowest BCUT2D eigenvalue weighted by Crippen LogP contribution is -2.16. The van der Waals surface area contributed by atoms with Crippen LogP contribution in [0.4, 0.5) is 0 Å². The van der Waals surface area contributed by atoms with Gasteiger partial charge in [-0.15, -0.1) is 0 Å². The number of aliphatic hydroxyl groups is 1. The molecule has 0 bridgehead atoms. The van der Waals surface area contributed by atoms with Gasteiger partial charge in [0.05, 0.1) is 10.1 Å². The zero-order chi connectivity index (χ0) is 13.9. The fourth-order valence-electron chi connectivity index (χ4n) is 2.58. The lowest BCUT2D eigenvalue weighted by molar-refractivity contribution is 0.0807. The minimum absolute atomic E-state index is 0.713. The van der Waals surface area contributed by atoms with Gasteiger partial charge in [-0.1, -0.05) is 0 Å². The monoisotopic (exact) mass is 322 g/mol. The summed E-state index contributed by atoms with van der Waals surface area (Å²) in [5.41, 5.74) is 1.23. The van der Waals surface area contributed by atoms with E-state index >= 15 is 0 Å². The van der Waals surface area contributed by atoms with Gasteiger partial charge in [0.2, 0.25) is 0 Å². The summed E-state index contributed by atoms with van der Waals surface area (Å²) >= 11 is 3.57. The molecule has 3 rings (SSSR count). The van der Waals surface area contributed by atoms with Crippen LogP contribution >= 0.6 is 15.9 Å². The third kappa shape index (κ3) is 1.82. The van der Waals surface area contributed by atoms with Gasteiger partial charge in [-0.3, -0.25) is 0 Å². The van der Waals surface area contributed by atoms with E-state index in [9.17, 15) is 5.11 Å². The summed E-state index contributed by atoms with van der Waals surface area (Å²) in [6.45, 7) is 7.31. The van der Waals surface area contributed by atoms with Gasteiger partial charge in [0.15, 0.2) is 0 Å². The van der Waals surface area contributed by atoms with Gasteiger partial charge in [0, 0.05) is 16.3 Å². The molecule has 0 saturated heterocycles. The van der Waals surface area contributed by atoms with Crippen LogP contribution in [0.1, 0.15) is 30.9 Å². The third-order valence-corrected chi connectivity index (χ3v) is 4.04. The van der Waals surface area contributed by atoms with Gasteiger partial charge in [-0.25, -0.2) is 0 Å². The molecule has 2 aromatic heterocycles. The molecule has 4 heteroatoms. The summed E-state index contributed by atoms with van der Waals surface area (Å²) in [5.74, 6) is 1.62. The van der Waals surface area contributed by atoms with E-state index in [2.05, 4.69) is 15.9 Å². The summed E-state index contributed by atoms with van der Waals surface area (Å²) in [6.07, 6.45) is 0. The molecule has 100 valence electrons. The van der Waals surface area contributed by atoms with E-state index in [1.54, 1.807) is 13.8 Å². The number of fused-ring (bicyclic) bond motifs is 2. The molecule has 0 amide bonds. The fraction of sp³-hybridized carbons (Fsp3) is 0.333. The van der Waals surface area contributed by atoms with Gasteiger partial charge in [-0.05, 0) is 55.8 Å². The summed E-state index contributed by atoms with van der Waals surface area (Å²) in [7, 11) is 0. The summed E-state index contributed by atoms with van der Waals surface area (Å²) in [4.78, 5) is 0. The Hall–Kier alpha value is -1.26. The van der Waals surface area contributed by atoms with Crippen molar-refractivity contribution in [3.63, 3.8) is 0 Å². The van der Waals surface area contributed by atoms with Crippen molar-refractivity contribution >= 4 is 37.9 Å². The maximum Gasteiger partial charge on any atom is 0.149 e. The standard InChI is InChI=1S/C15H15BrO3/c1-7-5-9-11(15(3,4)17)13-10(6-8(2)18-13)12(16)14(9)19-7/h5-6,17H,1-4H3. The fourth-order valence-corrected chi connectivity index (χ4v) is 3.17. The summed E-state index contributed by atoms with van der Waals surface area (Å²) < 4.78 is 12.4. The van der Waals surface area contributed by atoms with Crippen molar-refractivity contribution in [2.24, 2.45) is 0 Å². The number of hydrogen-bond donors (Lipinski definition) is 1. The normalized spacial score (nSPS) is 12.7. The highest BCUT2D eigenvalue weighted by atomic mass is 79.9. The van der Waals surface area contributed by atoms with Crippen LogP contribution in [0.15, 0.2) is 25.4 Å². The minimum atomic E-state index is -1.00. The molecule has 0 spiro atoms.